The third-order valence-electron chi connectivity index (χ3n) is 4.41. The second kappa shape index (κ2) is 8.92. The van der Waals surface area contributed by atoms with Crippen LogP contribution in [0.15, 0.2) is 48.5 Å². The second-order valence-corrected chi connectivity index (χ2v) is 7.66. The molecule has 0 atom stereocenters. The van der Waals surface area contributed by atoms with Gasteiger partial charge in [0.2, 0.25) is 5.91 Å². The first-order chi connectivity index (χ1) is 14.1. The number of carbonyl (C=O) groups is 1. The van der Waals surface area contributed by atoms with Crippen LogP contribution >= 0.6 is 11.6 Å². The smallest absolute Gasteiger partial charge is 0.368 e. The number of hydrogen-bond donors (Lipinski definition) is 2. The number of nitrogens with zero attached hydrogens (tertiary/aromatic N) is 1. The molecule has 0 radical (unpaired) electrons. The molecule has 0 aliphatic carbocycles. The third kappa shape index (κ3) is 5.63. The minimum Gasteiger partial charge on any atom is -0.368 e. The Morgan fingerprint density at radius 3 is 2.53 bits per heavy atom. The molecule has 8 heteroatoms. The van der Waals surface area contributed by atoms with E-state index in [1.807, 2.05) is 38.1 Å². The molecule has 3 rings (SSSR count). The van der Waals surface area contributed by atoms with Crippen molar-refractivity contribution < 1.29 is 18.0 Å². The van der Waals surface area contributed by atoms with Crippen molar-refractivity contribution in [3.05, 3.63) is 64.7 Å². The minimum absolute atomic E-state index is 0.000200. The lowest BCUT2D eigenvalue weighted by Crippen LogP contribution is -2.13. The number of hydrogen-bond acceptors (Lipinski definition) is 3. The number of fused-ring (bicyclic) bond motifs is 1. The lowest BCUT2D eigenvalue weighted by Gasteiger charge is -2.11. The number of benzene rings is 2. The van der Waals surface area contributed by atoms with E-state index in [1.165, 1.54) is 6.07 Å². The van der Waals surface area contributed by atoms with Gasteiger partial charge in [0.1, 0.15) is 5.82 Å². The largest absolute Gasteiger partial charge is 0.416 e. The fourth-order valence-corrected chi connectivity index (χ4v) is 3.25. The molecule has 1 amide bonds. The Hall–Kier alpha value is -2.80. The van der Waals surface area contributed by atoms with Crippen molar-refractivity contribution in [3.63, 3.8) is 0 Å². The number of rotatable bonds is 6. The van der Waals surface area contributed by atoms with Crippen LogP contribution in [0, 0.1) is 0 Å². The molecule has 0 unspecified atom stereocenters. The van der Waals surface area contributed by atoms with Gasteiger partial charge in [0.05, 0.1) is 11.1 Å². The normalized spacial score (nSPS) is 11.7. The number of carbonyl (C=O) groups excluding carboxylic acids is 1. The van der Waals surface area contributed by atoms with E-state index < -0.39 is 11.7 Å². The number of amides is 1. The summed E-state index contributed by atoms with van der Waals surface area (Å²) >= 11 is 5.94. The average Bonchev–Trinajstić information content (AvgIpc) is 2.66. The van der Waals surface area contributed by atoms with Crippen molar-refractivity contribution in [1.29, 1.82) is 0 Å². The maximum absolute atomic E-state index is 12.7. The summed E-state index contributed by atoms with van der Waals surface area (Å²) in [6.45, 7) is 4.06. The predicted molar refractivity (Wildman–Crippen MR) is 114 cm³/mol. The van der Waals surface area contributed by atoms with Crippen molar-refractivity contribution in [2.24, 2.45) is 0 Å². The molecule has 3 aromatic rings. The molecule has 0 aliphatic heterocycles. The van der Waals surface area contributed by atoms with E-state index in [2.05, 4.69) is 15.6 Å². The Kier molecular flexibility index (Phi) is 6.51. The Morgan fingerprint density at radius 2 is 1.87 bits per heavy atom. The van der Waals surface area contributed by atoms with Crippen molar-refractivity contribution in [2.45, 2.75) is 38.9 Å². The van der Waals surface area contributed by atoms with Crippen LogP contribution in [0.1, 0.15) is 31.4 Å². The van der Waals surface area contributed by atoms with Gasteiger partial charge < -0.3 is 10.6 Å². The van der Waals surface area contributed by atoms with Crippen molar-refractivity contribution in [3.8, 4) is 0 Å². The number of alkyl halides is 3. The van der Waals surface area contributed by atoms with E-state index in [4.69, 9.17) is 11.6 Å². The van der Waals surface area contributed by atoms with Gasteiger partial charge in [-0.15, -0.1) is 0 Å². The molecule has 0 saturated carbocycles. The number of pyridine rings is 1. The van der Waals surface area contributed by atoms with Gasteiger partial charge in [-0.2, -0.15) is 13.2 Å². The lowest BCUT2D eigenvalue weighted by atomic mass is 10.1. The van der Waals surface area contributed by atoms with Gasteiger partial charge in [0, 0.05) is 28.6 Å². The minimum atomic E-state index is -4.45. The zero-order valence-corrected chi connectivity index (χ0v) is 17.2. The summed E-state index contributed by atoms with van der Waals surface area (Å²) in [5.74, 6) is 0.527. The highest BCUT2D eigenvalue weighted by molar-refractivity contribution is 6.31. The van der Waals surface area contributed by atoms with E-state index in [-0.39, 0.29) is 29.8 Å². The van der Waals surface area contributed by atoms with Crippen molar-refractivity contribution in [1.82, 2.24) is 4.98 Å². The monoisotopic (exact) mass is 435 g/mol. The Labute approximate surface area is 177 Å². The summed E-state index contributed by atoms with van der Waals surface area (Å²) in [7, 11) is 0. The fraction of sp³-hybridized carbons (Fsp3) is 0.273. The molecule has 0 aliphatic rings. The van der Waals surface area contributed by atoms with Crippen molar-refractivity contribution in [2.75, 3.05) is 10.6 Å². The SMILES string of the molecule is CC(C)Nc1ccc2cc(NC(=O)CCc3ccc(C(F)(F)F)cc3Cl)ccc2n1. The second-order valence-electron chi connectivity index (χ2n) is 7.26. The third-order valence-corrected chi connectivity index (χ3v) is 4.76. The zero-order chi connectivity index (χ0) is 21.9. The van der Waals surface area contributed by atoms with Crippen LogP contribution < -0.4 is 10.6 Å². The molecule has 0 spiro atoms. The van der Waals surface area contributed by atoms with Gasteiger partial charge in [0.25, 0.3) is 0 Å². The molecule has 1 heterocycles. The van der Waals surface area contributed by atoms with E-state index in [0.717, 1.165) is 28.9 Å². The van der Waals surface area contributed by atoms with E-state index >= 15 is 0 Å². The van der Waals surface area contributed by atoms with E-state index in [0.29, 0.717) is 11.3 Å². The molecule has 4 nitrogen and oxygen atoms in total. The zero-order valence-electron chi connectivity index (χ0n) is 16.5. The summed E-state index contributed by atoms with van der Waals surface area (Å²) in [6, 6.07) is 12.6. The van der Waals surface area contributed by atoms with Crippen LogP contribution in [0.2, 0.25) is 5.02 Å². The highest BCUT2D eigenvalue weighted by Gasteiger charge is 2.30. The first-order valence-electron chi connectivity index (χ1n) is 9.44. The number of halogens is 4. The van der Waals surface area contributed by atoms with E-state index in [9.17, 15) is 18.0 Å². The quantitative estimate of drug-likeness (QED) is 0.477. The summed E-state index contributed by atoms with van der Waals surface area (Å²) in [4.78, 5) is 16.8. The summed E-state index contributed by atoms with van der Waals surface area (Å²) in [5, 5.41) is 6.92. The molecule has 30 heavy (non-hydrogen) atoms. The van der Waals surface area contributed by atoms with Crippen LogP contribution in [-0.4, -0.2) is 16.9 Å². The average molecular weight is 436 g/mol. The highest BCUT2D eigenvalue weighted by atomic mass is 35.5. The van der Waals surface area contributed by atoms with Gasteiger partial charge in [-0.3, -0.25) is 4.79 Å². The van der Waals surface area contributed by atoms with Gasteiger partial charge in [0.15, 0.2) is 0 Å². The Balaban J connectivity index is 1.62. The standard InChI is InChI=1S/C22H21ClF3N3O/c1-13(2)27-20-9-4-15-11-17(7-8-19(15)29-20)28-21(30)10-5-14-3-6-16(12-18(14)23)22(24,25)26/h3-4,6-9,11-13H,5,10H2,1-2H3,(H,27,29)(H,28,30). The maximum atomic E-state index is 12.7. The molecule has 2 aromatic carbocycles. The topological polar surface area (TPSA) is 54.0 Å². The van der Waals surface area contributed by atoms with Crippen LogP contribution in [0.25, 0.3) is 10.9 Å². The van der Waals surface area contributed by atoms with Crippen molar-refractivity contribution >= 4 is 39.9 Å². The molecule has 0 fully saturated rings. The molecular formula is C22H21ClF3N3O. The summed E-state index contributed by atoms with van der Waals surface area (Å²) in [5.41, 5.74) is 1.11. The van der Waals surface area contributed by atoms with E-state index in [1.54, 1.807) is 6.07 Å². The lowest BCUT2D eigenvalue weighted by molar-refractivity contribution is -0.137. The predicted octanol–water partition coefficient (Wildman–Crippen LogP) is 6.30. The number of aryl methyl sites for hydroxylation is 1. The maximum Gasteiger partial charge on any atom is 0.416 e. The number of nitrogens with one attached hydrogen (secondary N) is 2. The van der Waals surface area contributed by atoms with Gasteiger partial charge in [-0.1, -0.05) is 17.7 Å². The van der Waals surface area contributed by atoms with Crippen LogP contribution in [0.3, 0.4) is 0 Å². The summed E-state index contributed by atoms with van der Waals surface area (Å²) in [6.07, 6.45) is -4.11. The molecule has 0 saturated heterocycles. The first-order valence-corrected chi connectivity index (χ1v) is 9.82. The highest BCUT2D eigenvalue weighted by Crippen LogP contribution is 2.32. The number of anilines is 2. The van der Waals surface area contributed by atoms with Gasteiger partial charge >= 0.3 is 6.18 Å². The van der Waals surface area contributed by atoms with Gasteiger partial charge in [-0.05, 0) is 68.3 Å². The van der Waals surface area contributed by atoms with Crippen LogP contribution in [-0.2, 0) is 17.4 Å². The van der Waals surface area contributed by atoms with Gasteiger partial charge in [-0.25, -0.2) is 4.98 Å². The Morgan fingerprint density at radius 1 is 1.10 bits per heavy atom. The molecule has 0 bridgehead atoms. The van der Waals surface area contributed by atoms with Crippen LogP contribution in [0.5, 0.6) is 0 Å². The fourth-order valence-electron chi connectivity index (χ4n) is 2.98. The Bertz CT molecular complexity index is 1070. The number of aromatic nitrogens is 1. The summed E-state index contributed by atoms with van der Waals surface area (Å²) < 4.78 is 38.1. The molecule has 2 N–H and O–H groups in total. The van der Waals surface area contributed by atoms with Crippen LogP contribution in [0.4, 0.5) is 24.7 Å². The molecular weight excluding hydrogens is 415 g/mol. The molecule has 1 aromatic heterocycles. The molecule has 158 valence electrons. The first kappa shape index (κ1) is 21.9.